The first-order valence-corrected chi connectivity index (χ1v) is 10.2. The predicted molar refractivity (Wildman–Crippen MR) is 108 cm³/mol. The molecule has 0 aromatic heterocycles. The van der Waals surface area contributed by atoms with Crippen LogP contribution in [0.5, 0.6) is 11.5 Å². The molecule has 1 amide bonds. The van der Waals surface area contributed by atoms with Crippen molar-refractivity contribution in [1.82, 2.24) is 9.80 Å². The summed E-state index contributed by atoms with van der Waals surface area (Å²) in [5.74, 6) is 1.89. The Morgan fingerprint density at radius 3 is 2.75 bits per heavy atom. The van der Waals surface area contributed by atoms with Crippen molar-refractivity contribution in [3.05, 3.63) is 59.7 Å². The highest BCUT2D eigenvalue weighted by molar-refractivity contribution is 5.79. The molecule has 2 aromatic carbocycles. The summed E-state index contributed by atoms with van der Waals surface area (Å²) < 4.78 is 10.8. The van der Waals surface area contributed by atoms with Crippen molar-refractivity contribution < 1.29 is 14.3 Å². The SMILES string of the molecule is CCN(Cc1ccc2c(c1)OCO2)C(=O)C1CCCN(Cc2ccccc2)C1. The number of nitrogens with zero attached hydrogens (tertiary/aromatic N) is 2. The number of benzene rings is 2. The van der Waals surface area contributed by atoms with Crippen molar-refractivity contribution in [3.8, 4) is 11.5 Å². The van der Waals surface area contributed by atoms with Crippen LogP contribution in [0.15, 0.2) is 48.5 Å². The van der Waals surface area contributed by atoms with Crippen molar-refractivity contribution in [3.63, 3.8) is 0 Å². The van der Waals surface area contributed by atoms with Crippen LogP contribution in [0.25, 0.3) is 0 Å². The molecule has 1 atom stereocenters. The molecule has 0 aliphatic carbocycles. The van der Waals surface area contributed by atoms with E-state index in [4.69, 9.17) is 9.47 Å². The number of ether oxygens (including phenoxy) is 2. The lowest BCUT2D eigenvalue weighted by Crippen LogP contribution is -2.44. The second-order valence-corrected chi connectivity index (χ2v) is 7.60. The van der Waals surface area contributed by atoms with Crippen molar-refractivity contribution in [2.24, 2.45) is 5.92 Å². The Kier molecular flexibility index (Phi) is 5.81. The van der Waals surface area contributed by atoms with Gasteiger partial charge in [0, 0.05) is 26.2 Å². The average Bonchev–Trinajstić information content (AvgIpc) is 3.20. The predicted octanol–water partition coefficient (Wildman–Crippen LogP) is 3.68. The molecule has 2 aliphatic rings. The van der Waals surface area contributed by atoms with Gasteiger partial charge in [-0.15, -0.1) is 0 Å². The summed E-state index contributed by atoms with van der Waals surface area (Å²) in [6, 6.07) is 16.4. The normalized spacial score (nSPS) is 18.8. The number of hydrogen-bond acceptors (Lipinski definition) is 4. The summed E-state index contributed by atoms with van der Waals surface area (Å²) in [6.07, 6.45) is 2.05. The molecule has 0 saturated carbocycles. The number of rotatable bonds is 6. The molecule has 0 bridgehead atoms. The van der Waals surface area contributed by atoms with Crippen LogP contribution in [0.1, 0.15) is 30.9 Å². The smallest absolute Gasteiger partial charge is 0.231 e. The van der Waals surface area contributed by atoms with Gasteiger partial charge in [-0.25, -0.2) is 0 Å². The fourth-order valence-electron chi connectivity index (χ4n) is 4.11. The molecule has 148 valence electrons. The van der Waals surface area contributed by atoms with Gasteiger partial charge in [-0.1, -0.05) is 36.4 Å². The number of carbonyl (C=O) groups is 1. The third-order valence-corrected chi connectivity index (χ3v) is 5.61. The number of likely N-dealkylation sites (tertiary alicyclic amines) is 1. The van der Waals surface area contributed by atoms with Gasteiger partial charge in [-0.3, -0.25) is 9.69 Å². The Labute approximate surface area is 166 Å². The van der Waals surface area contributed by atoms with E-state index in [0.717, 1.165) is 49.5 Å². The molecule has 5 nitrogen and oxygen atoms in total. The summed E-state index contributed by atoms with van der Waals surface area (Å²) >= 11 is 0. The zero-order chi connectivity index (χ0) is 19.3. The van der Waals surface area contributed by atoms with Gasteiger partial charge in [0.1, 0.15) is 0 Å². The lowest BCUT2D eigenvalue weighted by atomic mass is 9.95. The Hall–Kier alpha value is -2.53. The lowest BCUT2D eigenvalue weighted by Gasteiger charge is -2.35. The zero-order valence-electron chi connectivity index (χ0n) is 16.5. The van der Waals surface area contributed by atoms with E-state index in [1.54, 1.807) is 0 Å². The first-order chi connectivity index (χ1) is 13.7. The van der Waals surface area contributed by atoms with Crippen molar-refractivity contribution >= 4 is 5.91 Å². The van der Waals surface area contributed by atoms with E-state index in [-0.39, 0.29) is 18.6 Å². The van der Waals surface area contributed by atoms with E-state index in [1.807, 2.05) is 29.2 Å². The molecule has 5 heteroatoms. The molecule has 2 aromatic rings. The minimum atomic E-state index is 0.0754. The van der Waals surface area contributed by atoms with Crippen LogP contribution >= 0.6 is 0 Å². The van der Waals surface area contributed by atoms with E-state index < -0.39 is 0 Å². The van der Waals surface area contributed by atoms with Gasteiger partial charge in [0.05, 0.1) is 5.92 Å². The highest BCUT2D eigenvalue weighted by Gasteiger charge is 2.29. The Bertz CT molecular complexity index is 809. The summed E-state index contributed by atoms with van der Waals surface area (Å²) in [7, 11) is 0. The van der Waals surface area contributed by atoms with Gasteiger partial charge in [0.15, 0.2) is 11.5 Å². The molecule has 0 radical (unpaired) electrons. The minimum absolute atomic E-state index is 0.0754. The Balaban J connectivity index is 1.38. The fraction of sp³-hybridized carbons (Fsp3) is 0.435. The summed E-state index contributed by atoms with van der Waals surface area (Å²) in [4.78, 5) is 17.6. The van der Waals surface area contributed by atoms with Crippen LogP contribution in [0.4, 0.5) is 0 Å². The topological polar surface area (TPSA) is 42.0 Å². The third-order valence-electron chi connectivity index (χ3n) is 5.61. The molecule has 4 rings (SSSR count). The van der Waals surface area contributed by atoms with Crippen molar-refractivity contribution in [2.75, 3.05) is 26.4 Å². The Morgan fingerprint density at radius 1 is 1.11 bits per heavy atom. The van der Waals surface area contributed by atoms with E-state index in [1.165, 1.54) is 5.56 Å². The van der Waals surface area contributed by atoms with Crippen LogP contribution in [0, 0.1) is 5.92 Å². The van der Waals surface area contributed by atoms with Gasteiger partial charge in [0.25, 0.3) is 0 Å². The maximum absolute atomic E-state index is 13.2. The Morgan fingerprint density at radius 2 is 1.93 bits per heavy atom. The molecule has 1 fully saturated rings. The third kappa shape index (κ3) is 4.30. The molecule has 28 heavy (non-hydrogen) atoms. The number of carbonyl (C=O) groups excluding carboxylic acids is 1. The van der Waals surface area contributed by atoms with E-state index in [2.05, 4.69) is 36.1 Å². The number of hydrogen-bond donors (Lipinski definition) is 0. The van der Waals surface area contributed by atoms with Crippen molar-refractivity contribution in [1.29, 1.82) is 0 Å². The molecular weight excluding hydrogens is 352 g/mol. The highest BCUT2D eigenvalue weighted by atomic mass is 16.7. The largest absolute Gasteiger partial charge is 0.454 e. The van der Waals surface area contributed by atoms with E-state index in [9.17, 15) is 4.79 Å². The minimum Gasteiger partial charge on any atom is -0.454 e. The molecule has 0 spiro atoms. The molecular formula is C23H28N2O3. The van der Waals surface area contributed by atoms with Gasteiger partial charge in [-0.2, -0.15) is 0 Å². The quantitative estimate of drug-likeness (QED) is 0.767. The lowest BCUT2D eigenvalue weighted by molar-refractivity contribution is -0.137. The van der Waals surface area contributed by atoms with Gasteiger partial charge >= 0.3 is 0 Å². The van der Waals surface area contributed by atoms with E-state index in [0.29, 0.717) is 13.1 Å². The van der Waals surface area contributed by atoms with Crippen LogP contribution in [-0.4, -0.2) is 42.1 Å². The summed E-state index contributed by atoms with van der Waals surface area (Å²) in [5, 5.41) is 0. The zero-order valence-corrected chi connectivity index (χ0v) is 16.5. The number of amides is 1. The highest BCUT2D eigenvalue weighted by Crippen LogP contribution is 2.33. The monoisotopic (exact) mass is 380 g/mol. The maximum Gasteiger partial charge on any atom is 0.231 e. The standard InChI is InChI=1S/C23H28N2O3/c1-2-25(15-19-10-11-21-22(13-19)28-17-27-21)23(26)20-9-6-12-24(16-20)14-18-7-4-3-5-8-18/h3-5,7-8,10-11,13,20H,2,6,9,12,14-17H2,1H3. The maximum atomic E-state index is 13.2. The summed E-state index contributed by atoms with van der Waals surface area (Å²) in [6.45, 7) is 6.46. The second-order valence-electron chi connectivity index (χ2n) is 7.60. The van der Waals surface area contributed by atoms with Crippen LogP contribution in [0.2, 0.25) is 0 Å². The van der Waals surface area contributed by atoms with Crippen molar-refractivity contribution in [2.45, 2.75) is 32.9 Å². The van der Waals surface area contributed by atoms with Crippen LogP contribution < -0.4 is 9.47 Å². The molecule has 1 unspecified atom stereocenters. The van der Waals surface area contributed by atoms with E-state index >= 15 is 0 Å². The number of piperidine rings is 1. The van der Waals surface area contributed by atoms with Crippen LogP contribution in [-0.2, 0) is 17.9 Å². The van der Waals surface area contributed by atoms with Gasteiger partial charge < -0.3 is 14.4 Å². The number of fused-ring (bicyclic) bond motifs is 1. The first kappa shape index (κ1) is 18.8. The molecule has 0 N–H and O–H groups in total. The second kappa shape index (κ2) is 8.65. The fourth-order valence-corrected chi connectivity index (χ4v) is 4.11. The van der Waals surface area contributed by atoms with Crippen LogP contribution in [0.3, 0.4) is 0 Å². The first-order valence-electron chi connectivity index (χ1n) is 10.2. The summed E-state index contributed by atoms with van der Waals surface area (Å²) in [5.41, 5.74) is 2.39. The molecule has 2 aliphatic heterocycles. The molecule has 1 saturated heterocycles. The average molecular weight is 380 g/mol. The van der Waals surface area contributed by atoms with Gasteiger partial charge in [-0.05, 0) is 49.6 Å². The molecule has 2 heterocycles. The van der Waals surface area contributed by atoms with Gasteiger partial charge in [0.2, 0.25) is 12.7 Å².